The Hall–Kier alpha value is -4.57. The minimum Gasteiger partial charge on any atom is -0.489 e. The maximum Gasteiger partial charge on any atom is 0.181 e. The van der Waals surface area contributed by atoms with Gasteiger partial charge < -0.3 is 15.0 Å². The molecule has 37 heavy (non-hydrogen) atoms. The van der Waals surface area contributed by atoms with Crippen molar-refractivity contribution in [2.45, 2.75) is 25.9 Å². The van der Waals surface area contributed by atoms with Gasteiger partial charge in [0.25, 0.3) is 0 Å². The van der Waals surface area contributed by atoms with Crippen LogP contribution in [0.25, 0.3) is 50.3 Å². The Morgan fingerprint density at radius 2 is 1.86 bits per heavy atom. The minimum atomic E-state index is 0.215. The van der Waals surface area contributed by atoms with E-state index in [1.165, 1.54) is 0 Å². The summed E-state index contributed by atoms with van der Waals surface area (Å²) in [6.45, 7) is 3.93. The molecule has 1 saturated heterocycles. The molecule has 1 fully saturated rings. The summed E-state index contributed by atoms with van der Waals surface area (Å²) >= 11 is 0. The van der Waals surface area contributed by atoms with Gasteiger partial charge in [-0.3, -0.25) is 14.6 Å². The molecular formula is C27H25N9O. The van der Waals surface area contributed by atoms with Crippen LogP contribution in [0.4, 0.5) is 0 Å². The number of nitrogens with one attached hydrogen (secondary N) is 3. The zero-order chi connectivity index (χ0) is 24.8. The van der Waals surface area contributed by atoms with Crippen LogP contribution in [0.5, 0.6) is 5.75 Å². The van der Waals surface area contributed by atoms with Crippen molar-refractivity contribution in [3.8, 4) is 34.1 Å². The highest BCUT2D eigenvalue weighted by atomic mass is 16.5. The fourth-order valence-corrected chi connectivity index (χ4v) is 4.93. The average molecular weight is 492 g/mol. The molecule has 184 valence electrons. The molecule has 1 aliphatic heterocycles. The number of rotatable bonds is 5. The van der Waals surface area contributed by atoms with E-state index in [0.717, 1.165) is 82.0 Å². The second-order valence-corrected chi connectivity index (χ2v) is 9.37. The summed E-state index contributed by atoms with van der Waals surface area (Å²) in [6, 6.07) is 8.18. The standard InChI is InChI=1S/C27H25N9O/c1-16-14-36(15-32-16)27-21-10-24(33-23(21)4-7-30-27)25-22-9-18(12-31-26(22)35-34-25)17-8-20(13-29-11-17)37-19-2-5-28-6-3-19/h4,7-15,19,28,33H,2-3,5-6H2,1H3,(H,31,34,35). The van der Waals surface area contributed by atoms with Crippen LogP contribution in [0, 0.1) is 6.92 Å². The average Bonchev–Trinajstić information content (AvgIpc) is 3.66. The number of aromatic amines is 2. The zero-order valence-electron chi connectivity index (χ0n) is 20.3. The molecule has 10 heteroatoms. The van der Waals surface area contributed by atoms with E-state index >= 15 is 0 Å². The van der Waals surface area contributed by atoms with Gasteiger partial charge in [0, 0.05) is 46.7 Å². The quantitative estimate of drug-likeness (QED) is 0.331. The van der Waals surface area contributed by atoms with Crippen molar-refractivity contribution in [2.24, 2.45) is 0 Å². The van der Waals surface area contributed by atoms with Crippen molar-refractivity contribution in [1.29, 1.82) is 0 Å². The third-order valence-electron chi connectivity index (χ3n) is 6.80. The number of ether oxygens (including phenoxy) is 1. The van der Waals surface area contributed by atoms with Crippen molar-refractivity contribution in [3.05, 3.63) is 67.3 Å². The summed E-state index contributed by atoms with van der Waals surface area (Å²) in [5.74, 6) is 1.60. The number of aromatic nitrogens is 8. The SMILES string of the molecule is Cc1cn(-c2nccc3[nH]c(-c4[nH]nc5ncc(-c6cncc(OC7CCNCC7)c6)cc45)cc23)cn1. The van der Waals surface area contributed by atoms with E-state index in [2.05, 4.69) is 52.6 Å². The van der Waals surface area contributed by atoms with Crippen LogP contribution in [0.3, 0.4) is 0 Å². The normalized spacial score (nSPS) is 14.5. The van der Waals surface area contributed by atoms with Gasteiger partial charge in [-0.2, -0.15) is 5.10 Å². The van der Waals surface area contributed by atoms with Crippen LogP contribution in [0.15, 0.2) is 61.6 Å². The maximum atomic E-state index is 6.21. The van der Waals surface area contributed by atoms with Crippen LogP contribution in [-0.4, -0.2) is 58.9 Å². The number of aryl methyl sites for hydroxylation is 1. The number of nitrogens with zero attached hydrogens (tertiary/aromatic N) is 6. The van der Waals surface area contributed by atoms with E-state index in [1.807, 2.05) is 42.2 Å². The van der Waals surface area contributed by atoms with Crippen LogP contribution >= 0.6 is 0 Å². The lowest BCUT2D eigenvalue weighted by atomic mass is 10.1. The second kappa shape index (κ2) is 8.82. The highest BCUT2D eigenvalue weighted by Crippen LogP contribution is 2.32. The molecule has 0 spiro atoms. The predicted octanol–water partition coefficient (Wildman–Crippen LogP) is 4.19. The van der Waals surface area contributed by atoms with Gasteiger partial charge in [0.05, 0.1) is 28.8 Å². The summed E-state index contributed by atoms with van der Waals surface area (Å²) in [6.07, 6.45) is 13.2. The van der Waals surface area contributed by atoms with Crippen molar-refractivity contribution in [2.75, 3.05) is 13.1 Å². The van der Waals surface area contributed by atoms with E-state index in [1.54, 1.807) is 18.7 Å². The highest BCUT2D eigenvalue weighted by Gasteiger charge is 2.17. The molecule has 0 bridgehead atoms. The van der Waals surface area contributed by atoms with Gasteiger partial charge in [-0.05, 0) is 57.1 Å². The number of piperidine rings is 1. The smallest absolute Gasteiger partial charge is 0.181 e. The molecule has 6 aromatic heterocycles. The number of pyridine rings is 3. The van der Waals surface area contributed by atoms with Crippen molar-refractivity contribution >= 4 is 21.9 Å². The molecule has 3 N–H and O–H groups in total. The van der Waals surface area contributed by atoms with E-state index in [9.17, 15) is 0 Å². The van der Waals surface area contributed by atoms with E-state index < -0.39 is 0 Å². The Morgan fingerprint density at radius 1 is 0.973 bits per heavy atom. The largest absolute Gasteiger partial charge is 0.489 e. The molecular weight excluding hydrogens is 466 g/mol. The molecule has 7 heterocycles. The first kappa shape index (κ1) is 21.7. The van der Waals surface area contributed by atoms with Gasteiger partial charge in [0.1, 0.15) is 24.0 Å². The summed E-state index contributed by atoms with van der Waals surface area (Å²) in [5.41, 5.74) is 6.23. The molecule has 0 unspecified atom stereocenters. The molecule has 1 aliphatic rings. The third-order valence-corrected chi connectivity index (χ3v) is 6.80. The van der Waals surface area contributed by atoms with E-state index in [0.29, 0.717) is 5.65 Å². The molecule has 0 saturated carbocycles. The van der Waals surface area contributed by atoms with Crippen LogP contribution < -0.4 is 10.1 Å². The fraction of sp³-hybridized carbons (Fsp3) is 0.222. The van der Waals surface area contributed by atoms with E-state index in [-0.39, 0.29) is 6.10 Å². The third kappa shape index (κ3) is 4.01. The van der Waals surface area contributed by atoms with Gasteiger partial charge in [0.15, 0.2) is 5.65 Å². The van der Waals surface area contributed by atoms with Crippen molar-refractivity contribution in [3.63, 3.8) is 0 Å². The Labute approximate surface area is 212 Å². The van der Waals surface area contributed by atoms with Crippen LogP contribution in [0.1, 0.15) is 18.5 Å². The minimum absolute atomic E-state index is 0.215. The summed E-state index contributed by atoms with van der Waals surface area (Å²) in [7, 11) is 0. The van der Waals surface area contributed by atoms with Crippen LogP contribution in [-0.2, 0) is 0 Å². The lowest BCUT2D eigenvalue weighted by molar-refractivity contribution is 0.162. The first-order valence-corrected chi connectivity index (χ1v) is 12.4. The number of H-pyrrole nitrogens is 2. The number of hydrogen-bond donors (Lipinski definition) is 3. The Bertz CT molecular complexity index is 1720. The molecule has 0 radical (unpaired) electrons. The number of imidazole rings is 1. The fourth-order valence-electron chi connectivity index (χ4n) is 4.93. The molecule has 10 nitrogen and oxygen atoms in total. The number of fused-ring (bicyclic) bond motifs is 2. The molecule has 0 atom stereocenters. The van der Waals surface area contributed by atoms with Gasteiger partial charge in [-0.15, -0.1) is 0 Å². The molecule has 7 rings (SSSR count). The van der Waals surface area contributed by atoms with Gasteiger partial charge in [0.2, 0.25) is 0 Å². The van der Waals surface area contributed by atoms with E-state index in [4.69, 9.17) is 4.74 Å². The Balaban J connectivity index is 1.26. The summed E-state index contributed by atoms with van der Waals surface area (Å²) in [5, 5.41) is 12.9. The van der Waals surface area contributed by atoms with Crippen molar-refractivity contribution < 1.29 is 4.74 Å². The van der Waals surface area contributed by atoms with Gasteiger partial charge in [-0.25, -0.2) is 15.0 Å². The Morgan fingerprint density at radius 3 is 2.73 bits per heavy atom. The molecule has 0 amide bonds. The monoisotopic (exact) mass is 491 g/mol. The topological polar surface area (TPSA) is 122 Å². The maximum absolute atomic E-state index is 6.21. The summed E-state index contributed by atoms with van der Waals surface area (Å²) < 4.78 is 8.14. The number of hydrogen-bond acceptors (Lipinski definition) is 7. The van der Waals surface area contributed by atoms with Crippen LogP contribution in [0.2, 0.25) is 0 Å². The van der Waals surface area contributed by atoms with Gasteiger partial charge >= 0.3 is 0 Å². The summed E-state index contributed by atoms with van der Waals surface area (Å²) in [4.78, 5) is 21.5. The molecule has 0 aromatic carbocycles. The zero-order valence-corrected chi connectivity index (χ0v) is 20.3. The lowest BCUT2D eigenvalue weighted by Crippen LogP contribution is -2.34. The Kier molecular flexibility index (Phi) is 5.17. The predicted molar refractivity (Wildman–Crippen MR) is 141 cm³/mol. The molecule has 0 aliphatic carbocycles. The highest BCUT2D eigenvalue weighted by molar-refractivity contribution is 5.97. The van der Waals surface area contributed by atoms with Crippen molar-refractivity contribution in [1.82, 2.24) is 45.0 Å². The second-order valence-electron chi connectivity index (χ2n) is 9.37. The first-order chi connectivity index (χ1) is 18.2. The lowest BCUT2D eigenvalue weighted by Gasteiger charge is -2.23. The first-order valence-electron chi connectivity index (χ1n) is 12.4. The molecule has 6 aromatic rings. The van der Waals surface area contributed by atoms with Gasteiger partial charge in [-0.1, -0.05) is 0 Å².